The van der Waals surface area contributed by atoms with E-state index in [2.05, 4.69) is 200 Å². The lowest BCUT2D eigenvalue weighted by Crippen LogP contribution is -2.10. The maximum absolute atomic E-state index is 11.4. The first kappa shape index (κ1) is 42.8. The molecule has 15 aromatic rings. The van der Waals surface area contributed by atoms with Gasteiger partial charge in [0, 0.05) is 66.4 Å². The molecule has 76 heavy (non-hydrogen) atoms. The summed E-state index contributed by atoms with van der Waals surface area (Å²) in [5.74, 6) is 0. The molecular weight excluding hydrogens is 933 g/mol. The summed E-state index contributed by atoms with van der Waals surface area (Å²) >= 11 is 0. The van der Waals surface area contributed by atoms with Gasteiger partial charge in [0.05, 0.1) is 56.3 Å². The highest BCUT2D eigenvalue weighted by Crippen LogP contribution is 2.49. The Hall–Kier alpha value is -10.8. The summed E-state index contributed by atoms with van der Waals surface area (Å²) in [6.07, 6.45) is 0. The molecule has 0 radical (unpaired) electrons. The number of rotatable bonds is 8. The summed E-state index contributed by atoms with van der Waals surface area (Å²) in [5, 5.41) is 19.1. The monoisotopic (exact) mass is 972 g/mol. The average Bonchev–Trinajstić information content (AvgIpc) is 4.39. The fourth-order valence-corrected chi connectivity index (χ4v) is 11.7. The number of nitrogens with zero attached hydrogens (tertiary/aromatic N) is 6. The molecule has 0 bridgehead atoms. The van der Waals surface area contributed by atoms with Gasteiger partial charge in [0.2, 0.25) is 5.69 Å². The summed E-state index contributed by atoms with van der Waals surface area (Å²) in [6.45, 7) is 8.95. The van der Waals surface area contributed by atoms with E-state index in [9.17, 15) is 5.26 Å². The van der Waals surface area contributed by atoms with Crippen LogP contribution in [-0.4, -0.2) is 9.13 Å². The lowest BCUT2D eigenvalue weighted by molar-refractivity contribution is 0.672. The molecule has 0 aliphatic heterocycles. The largest absolute Gasteiger partial charge is 0.455 e. The quantitative estimate of drug-likeness (QED) is 0.142. The zero-order chi connectivity index (χ0) is 50.4. The SMILES string of the molecule is [C-]#[N+]c1ccc(C#N)c(-n2c3ccc(N(c4ccccc4)c4ccccc4)cc3c3c4oc5ccccc5c4ccc32)c1-n1c2ccc(N(c3ccccc3)c3ccccc3)cc2c2c3oc4ccccc4c3ccc21. The van der Waals surface area contributed by atoms with Gasteiger partial charge < -0.3 is 27.8 Å². The fraction of sp³-hybridized carbons (Fsp3) is 0. The van der Waals surface area contributed by atoms with E-state index in [0.29, 0.717) is 22.6 Å². The van der Waals surface area contributed by atoms with Gasteiger partial charge in [-0.3, -0.25) is 0 Å². The first-order valence-electron chi connectivity index (χ1n) is 25.2. The third kappa shape index (κ3) is 6.35. The minimum Gasteiger partial charge on any atom is -0.455 e. The second-order valence-electron chi connectivity index (χ2n) is 19.0. The maximum Gasteiger partial charge on any atom is 0.212 e. The lowest BCUT2D eigenvalue weighted by Gasteiger charge is -2.26. The Kier molecular flexibility index (Phi) is 9.52. The van der Waals surface area contributed by atoms with E-state index in [1.165, 1.54) is 0 Å². The number of para-hydroxylation sites is 6. The van der Waals surface area contributed by atoms with Crippen LogP contribution in [0.25, 0.3) is 104 Å². The molecule has 8 nitrogen and oxygen atoms in total. The van der Waals surface area contributed by atoms with Crippen LogP contribution in [0, 0.1) is 17.9 Å². The lowest BCUT2D eigenvalue weighted by atomic mass is 10.1. The molecule has 0 aliphatic carbocycles. The van der Waals surface area contributed by atoms with Crippen molar-refractivity contribution in [2.45, 2.75) is 0 Å². The van der Waals surface area contributed by atoms with Crippen molar-refractivity contribution in [1.82, 2.24) is 9.13 Å². The minimum absolute atomic E-state index is 0.382. The second kappa shape index (κ2) is 16.9. The summed E-state index contributed by atoms with van der Waals surface area (Å²) in [6, 6.07) is 85.5. The predicted octanol–water partition coefficient (Wildman–Crippen LogP) is 19.0. The third-order valence-corrected chi connectivity index (χ3v) is 14.9. The molecule has 8 heteroatoms. The molecule has 4 heterocycles. The summed E-state index contributed by atoms with van der Waals surface area (Å²) in [5.41, 5.74) is 14.2. The highest BCUT2D eigenvalue weighted by atomic mass is 16.3. The van der Waals surface area contributed by atoms with Crippen molar-refractivity contribution in [3.05, 3.63) is 260 Å². The molecule has 0 atom stereocenters. The van der Waals surface area contributed by atoms with Crippen LogP contribution >= 0.6 is 0 Å². The molecule has 0 fully saturated rings. The van der Waals surface area contributed by atoms with E-state index in [1.54, 1.807) is 12.1 Å². The highest BCUT2D eigenvalue weighted by Gasteiger charge is 2.29. The van der Waals surface area contributed by atoms with Crippen LogP contribution in [0.1, 0.15) is 5.56 Å². The van der Waals surface area contributed by atoms with Crippen molar-refractivity contribution in [2.24, 2.45) is 0 Å². The van der Waals surface area contributed by atoms with E-state index in [4.69, 9.17) is 15.4 Å². The van der Waals surface area contributed by atoms with Crippen molar-refractivity contribution in [3.8, 4) is 17.4 Å². The number of hydrogen-bond acceptors (Lipinski definition) is 5. The molecule has 0 amide bonds. The average molecular weight is 973 g/mol. The van der Waals surface area contributed by atoms with Gasteiger partial charge in [0.25, 0.3) is 0 Å². The number of benzene rings is 11. The summed E-state index contributed by atoms with van der Waals surface area (Å²) in [4.78, 5) is 8.82. The summed E-state index contributed by atoms with van der Waals surface area (Å²) < 4.78 is 18.2. The van der Waals surface area contributed by atoms with Crippen molar-refractivity contribution < 1.29 is 8.83 Å². The standard InChI is InChI=1S/C68H40N6O2/c1-70-56-35-30-43(42-69)65(73-57-36-31-48(71(44-18-6-2-7-19-44)45-20-8-3-9-21-45)40-54(57)63-59(73)38-33-52-50-26-14-16-28-61(50)75-67(52)63)66(56)74-58-37-32-49(72(46-22-10-4-11-23-46)47-24-12-5-13-25-47)41-55(58)64-60(74)39-34-53-51-27-15-17-29-62(51)76-68(53)64/h2-41H. The predicted molar refractivity (Wildman–Crippen MR) is 310 cm³/mol. The maximum atomic E-state index is 11.4. The van der Waals surface area contributed by atoms with E-state index in [-0.39, 0.29) is 0 Å². The normalized spacial score (nSPS) is 11.7. The zero-order valence-corrected chi connectivity index (χ0v) is 40.6. The number of aromatic nitrogens is 2. The smallest absolute Gasteiger partial charge is 0.212 e. The van der Waals surface area contributed by atoms with E-state index >= 15 is 0 Å². The molecule has 11 aromatic carbocycles. The van der Waals surface area contributed by atoms with Crippen molar-refractivity contribution >= 4 is 127 Å². The van der Waals surface area contributed by atoms with Crippen molar-refractivity contribution in [1.29, 1.82) is 5.26 Å². The van der Waals surface area contributed by atoms with Crippen LogP contribution in [0.15, 0.2) is 251 Å². The van der Waals surface area contributed by atoms with Gasteiger partial charge in [0.15, 0.2) is 0 Å². The minimum atomic E-state index is 0.382. The van der Waals surface area contributed by atoms with Gasteiger partial charge in [-0.15, -0.1) is 0 Å². The van der Waals surface area contributed by atoms with Gasteiger partial charge in [-0.2, -0.15) is 5.26 Å². The molecule has 4 aromatic heterocycles. The number of furan rings is 2. The van der Waals surface area contributed by atoms with Crippen LogP contribution in [0.5, 0.6) is 0 Å². The van der Waals surface area contributed by atoms with Crippen LogP contribution in [0.3, 0.4) is 0 Å². The molecule has 0 aliphatic rings. The van der Waals surface area contributed by atoms with Crippen LogP contribution in [0.2, 0.25) is 0 Å². The molecule has 0 saturated heterocycles. The second-order valence-corrected chi connectivity index (χ2v) is 19.0. The number of hydrogen-bond donors (Lipinski definition) is 0. The Morgan fingerprint density at radius 3 is 1.18 bits per heavy atom. The Bertz CT molecular complexity index is 4510. The topological polar surface area (TPSA) is 70.8 Å². The molecular formula is C68H40N6O2. The van der Waals surface area contributed by atoms with Gasteiger partial charge in [-0.05, 0) is 121 Å². The molecule has 0 saturated carbocycles. The number of nitriles is 1. The van der Waals surface area contributed by atoms with Crippen LogP contribution < -0.4 is 9.80 Å². The van der Waals surface area contributed by atoms with Gasteiger partial charge in [-0.25, -0.2) is 4.85 Å². The van der Waals surface area contributed by atoms with Gasteiger partial charge in [-0.1, -0.05) is 121 Å². The van der Waals surface area contributed by atoms with Gasteiger partial charge in [0.1, 0.15) is 28.4 Å². The number of anilines is 6. The van der Waals surface area contributed by atoms with Crippen LogP contribution in [-0.2, 0) is 0 Å². The van der Waals surface area contributed by atoms with E-state index in [1.807, 2.05) is 60.7 Å². The van der Waals surface area contributed by atoms with Gasteiger partial charge >= 0.3 is 0 Å². The van der Waals surface area contributed by atoms with Crippen LogP contribution in [0.4, 0.5) is 39.8 Å². The molecule has 0 unspecified atom stereocenters. The summed E-state index contributed by atoms with van der Waals surface area (Å²) in [7, 11) is 0. The third-order valence-electron chi connectivity index (χ3n) is 14.9. The Labute approximate surface area is 435 Å². The molecule has 0 spiro atoms. The first-order valence-corrected chi connectivity index (χ1v) is 25.2. The highest BCUT2D eigenvalue weighted by molar-refractivity contribution is 6.26. The first-order chi connectivity index (χ1) is 37.6. The van der Waals surface area contributed by atoms with E-state index < -0.39 is 0 Å². The van der Waals surface area contributed by atoms with Crippen molar-refractivity contribution in [2.75, 3.05) is 9.80 Å². The Balaban J connectivity index is 1.07. The number of fused-ring (bicyclic) bond motifs is 14. The fourth-order valence-electron chi connectivity index (χ4n) is 11.7. The Morgan fingerprint density at radius 2 is 0.763 bits per heavy atom. The molecule has 0 N–H and O–H groups in total. The molecule has 354 valence electrons. The van der Waals surface area contributed by atoms with E-state index in [0.717, 1.165) is 122 Å². The Morgan fingerprint density at radius 1 is 0.368 bits per heavy atom. The van der Waals surface area contributed by atoms with Crippen molar-refractivity contribution in [3.63, 3.8) is 0 Å². The zero-order valence-electron chi connectivity index (χ0n) is 40.6. The molecule has 15 rings (SSSR count).